The molecule has 1 aromatic heterocycles. The maximum absolute atomic E-state index is 11.9. The van der Waals surface area contributed by atoms with Crippen LogP contribution in [-0.4, -0.2) is 34.6 Å². The van der Waals surface area contributed by atoms with Gasteiger partial charge in [0.1, 0.15) is 0 Å². The lowest BCUT2D eigenvalue weighted by atomic mass is 10.3. The first-order valence-electron chi connectivity index (χ1n) is 5.71. The first kappa shape index (κ1) is 15.4. The molecule has 0 atom stereocenters. The summed E-state index contributed by atoms with van der Waals surface area (Å²) in [4.78, 5) is 22.3. The van der Waals surface area contributed by atoms with Gasteiger partial charge in [0.05, 0.1) is 16.1 Å². The SMILES string of the molecule is CC(C)(C)S(=O)(=O)CCn1cc(C(=O)O)ccc1=O. The lowest BCUT2D eigenvalue weighted by Crippen LogP contribution is -2.33. The van der Waals surface area contributed by atoms with Crippen LogP contribution in [-0.2, 0) is 16.4 Å². The summed E-state index contributed by atoms with van der Waals surface area (Å²) in [5.74, 6) is -1.37. The molecule has 0 fully saturated rings. The second-order valence-electron chi connectivity index (χ2n) is 5.19. The minimum absolute atomic E-state index is 0.0484. The van der Waals surface area contributed by atoms with E-state index in [1.807, 2.05) is 0 Å². The van der Waals surface area contributed by atoms with E-state index in [1.165, 1.54) is 6.07 Å². The number of hydrogen-bond acceptors (Lipinski definition) is 4. The summed E-state index contributed by atoms with van der Waals surface area (Å²) in [7, 11) is -3.35. The zero-order valence-corrected chi connectivity index (χ0v) is 11.9. The van der Waals surface area contributed by atoms with Gasteiger partial charge in [-0.2, -0.15) is 0 Å². The van der Waals surface area contributed by atoms with Gasteiger partial charge in [0.15, 0.2) is 9.84 Å². The summed E-state index contributed by atoms with van der Waals surface area (Å²) in [5, 5.41) is 8.82. The summed E-state index contributed by atoms with van der Waals surface area (Å²) in [6.45, 7) is 4.69. The van der Waals surface area contributed by atoms with Gasteiger partial charge in [-0.1, -0.05) is 0 Å². The van der Waals surface area contributed by atoms with Crippen LogP contribution in [0.1, 0.15) is 31.1 Å². The number of rotatable bonds is 4. The Labute approximate surface area is 111 Å². The Morgan fingerprint density at radius 1 is 1.32 bits per heavy atom. The third kappa shape index (κ3) is 3.66. The van der Waals surface area contributed by atoms with Gasteiger partial charge < -0.3 is 9.67 Å². The Bertz CT molecular complexity index is 637. The summed E-state index contributed by atoms with van der Waals surface area (Å²) in [6, 6.07) is 2.31. The molecule has 1 heterocycles. The summed E-state index contributed by atoms with van der Waals surface area (Å²) in [5.41, 5.74) is -0.470. The maximum atomic E-state index is 11.9. The predicted octanol–water partition coefficient (Wildman–Crippen LogP) is 0.760. The molecule has 0 aromatic carbocycles. The fourth-order valence-electron chi connectivity index (χ4n) is 1.36. The number of carbonyl (C=O) groups is 1. The van der Waals surface area contributed by atoms with Crippen molar-refractivity contribution in [1.29, 1.82) is 0 Å². The third-order valence-corrected chi connectivity index (χ3v) is 5.35. The van der Waals surface area contributed by atoms with Crippen molar-refractivity contribution < 1.29 is 18.3 Å². The fourth-order valence-corrected chi connectivity index (χ4v) is 2.41. The van der Waals surface area contributed by atoms with Crippen LogP contribution in [0.3, 0.4) is 0 Å². The van der Waals surface area contributed by atoms with Crippen molar-refractivity contribution in [3.8, 4) is 0 Å². The highest BCUT2D eigenvalue weighted by molar-refractivity contribution is 7.92. The summed E-state index contributed by atoms with van der Waals surface area (Å²) in [6.07, 6.45) is 1.16. The average molecular weight is 287 g/mol. The first-order chi connectivity index (χ1) is 8.54. The quantitative estimate of drug-likeness (QED) is 0.882. The zero-order valence-electron chi connectivity index (χ0n) is 11.1. The van der Waals surface area contributed by atoms with Crippen LogP contribution in [0, 0.1) is 0 Å². The lowest BCUT2D eigenvalue weighted by molar-refractivity contribution is 0.0696. The van der Waals surface area contributed by atoms with E-state index >= 15 is 0 Å². The second kappa shape index (κ2) is 5.16. The van der Waals surface area contributed by atoms with Gasteiger partial charge in [0.25, 0.3) is 5.56 Å². The molecule has 1 N–H and O–H groups in total. The van der Waals surface area contributed by atoms with E-state index in [4.69, 9.17) is 5.11 Å². The van der Waals surface area contributed by atoms with Crippen molar-refractivity contribution in [1.82, 2.24) is 4.57 Å². The van der Waals surface area contributed by atoms with Crippen LogP contribution in [0.4, 0.5) is 0 Å². The Morgan fingerprint density at radius 3 is 2.37 bits per heavy atom. The van der Waals surface area contributed by atoms with Crippen molar-refractivity contribution in [2.45, 2.75) is 32.1 Å². The number of hydrogen-bond donors (Lipinski definition) is 1. The van der Waals surface area contributed by atoms with Crippen LogP contribution < -0.4 is 5.56 Å². The molecule has 19 heavy (non-hydrogen) atoms. The van der Waals surface area contributed by atoms with E-state index < -0.39 is 26.1 Å². The van der Waals surface area contributed by atoms with Gasteiger partial charge in [0.2, 0.25) is 0 Å². The molecule has 0 radical (unpaired) electrons. The molecule has 1 aromatic rings. The van der Waals surface area contributed by atoms with Gasteiger partial charge in [-0.15, -0.1) is 0 Å². The second-order valence-corrected chi connectivity index (χ2v) is 8.05. The Morgan fingerprint density at radius 2 is 1.89 bits per heavy atom. The van der Waals surface area contributed by atoms with E-state index in [0.717, 1.165) is 16.8 Å². The highest BCUT2D eigenvalue weighted by atomic mass is 32.2. The van der Waals surface area contributed by atoms with E-state index in [-0.39, 0.29) is 17.9 Å². The van der Waals surface area contributed by atoms with Crippen molar-refractivity contribution in [3.63, 3.8) is 0 Å². The molecule has 0 bridgehead atoms. The molecule has 0 aliphatic carbocycles. The molecule has 0 amide bonds. The summed E-state index contributed by atoms with van der Waals surface area (Å²) < 4.78 is 24.0. The number of pyridine rings is 1. The fraction of sp³-hybridized carbons (Fsp3) is 0.500. The average Bonchev–Trinajstić information content (AvgIpc) is 2.26. The number of aromatic carboxylic acids is 1. The third-order valence-electron chi connectivity index (χ3n) is 2.76. The molecule has 0 aliphatic heterocycles. The highest BCUT2D eigenvalue weighted by Crippen LogP contribution is 2.16. The molecule has 7 heteroatoms. The molecule has 6 nitrogen and oxygen atoms in total. The van der Waals surface area contributed by atoms with Gasteiger partial charge in [-0.3, -0.25) is 4.79 Å². The number of carboxylic acid groups (broad SMARTS) is 1. The van der Waals surface area contributed by atoms with Crippen molar-refractivity contribution in [2.24, 2.45) is 0 Å². The van der Waals surface area contributed by atoms with Crippen molar-refractivity contribution in [3.05, 3.63) is 34.2 Å². The predicted molar refractivity (Wildman–Crippen MR) is 71.2 cm³/mol. The topological polar surface area (TPSA) is 93.4 Å². The molecule has 0 spiro atoms. The smallest absolute Gasteiger partial charge is 0.337 e. The van der Waals surface area contributed by atoms with Crippen molar-refractivity contribution in [2.75, 3.05) is 5.75 Å². The molecule has 0 saturated heterocycles. The molecular weight excluding hydrogens is 270 g/mol. The monoisotopic (exact) mass is 287 g/mol. The minimum atomic E-state index is -3.35. The first-order valence-corrected chi connectivity index (χ1v) is 7.36. The number of aryl methyl sites for hydroxylation is 1. The molecule has 0 saturated carbocycles. The molecular formula is C12H17NO5S. The maximum Gasteiger partial charge on any atom is 0.337 e. The van der Waals surface area contributed by atoms with Crippen molar-refractivity contribution >= 4 is 15.8 Å². The van der Waals surface area contributed by atoms with E-state index in [2.05, 4.69) is 0 Å². The summed E-state index contributed by atoms with van der Waals surface area (Å²) >= 11 is 0. The largest absolute Gasteiger partial charge is 0.478 e. The standard InChI is InChI=1S/C12H17NO5S/c1-12(2,3)19(17,18)7-6-13-8-9(11(15)16)4-5-10(13)14/h4-5,8H,6-7H2,1-3H3,(H,15,16). The van der Waals surface area contributed by atoms with Gasteiger partial charge >= 0.3 is 5.97 Å². The van der Waals surface area contributed by atoms with Gasteiger partial charge in [-0.25, -0.2) is 13.2 Å². The minimum Gasteiger partial charge on any atom is -0.478 e. The molecule has 0 aliphatic rings. The highest BCUT2D eigenvalue weighted by Gasteiger charge is 2.28. The van der Waals surface area contributed by atoms with Gasteiger partial charge in [0, 0.05) is 18.8 Å². The van der Waals surface area contributed by atoms with Crippen LogP contribution in [0.5, 0.6) is 0 Å². The normalized spacial score (nSPS) is 12.4. The molecule has 1 rings (SSSR count). The Kier molecular flexibility index (Phi) is 4.19. The van der Waals surface area contributed by atoms with Gasteiger partial charge in [-0.05, 0) is 26.8 Å². The van der Waals surface area contributed by atoms with E-state index in [1.54, 1.807) is 20.8 Å². The molecule has 106 valence electrons. The Balaban J connectivity index is 2.99. The van der Waals surface area contributed by atoms with Crippen LogP contribution >= 0.6 is 0 Å². The number of nitrogens with zero attached hydrogens (tertiary/aromatic N) is 1. The number of aromatic nitrogens is 1. The van der Waals surface area contributed by atoms with E-state index in [0.29, 0.717) is 0 Å². The van der Waals surface area contributed by atoms with Crippen LogP contribution in [0.25, 0.3) is 0 Å². The molecule has 0 unspecified atom stereocenters. The number of sulfone groups is 1. The Hall–Kier alpha value is -1.63. The van der Waals surface area contributed by atoms with Crippen LogP contribution in [0.15, 0.2) is 23.1 Å². The lowest BCUT2D eigenvalue weighted by Gasteiger charge is -2.19. The van der Waals surface area contributed by atoms with Crippen LogP contribution in [0.2, 0.25) is 0 Å². The zero-order chi connectivity index (χ0) is 14.8. The van der Waals surface area contributed by atoms with E-state index in [9.17, 15) is 18.0 Å². The number of carboxylic acids is 1.